The molecule has 0 fully saturated rings. The normalized spacial score (nSPS) is 12.6. The molecule has 0 saturated heterocycles. The van der Waals surface area contributed by atoms with Crippen LogP contribution in [0.1, 0.15) is 17.2 Å². The molecule has 0 aliphatic carbocycles. The zero-order valence-corrected chi connectivity index (χ0v) is 11.0. The van der Waals surface area contributed by atoms with Crippen molar-refractivity contribution in [2.24, 2.45) is 0 Å². The van der Waals surface area contributed by atoms with Gasteiger partial charge in [0.25, 0.3) is 0 Å². The SMILES string of the molecule is CN(Cc1ccncc1)CC(O)c1ccccc1N. The van der Waals surface area contributed by atoms with Gasteiger partial charge in [0.1, 0.15) is 0 Å². The van der Waals surface area contributed by atoms with Gasteiger partial charge >= 0.3 is 0 Å². The molecule has 0 aliphatic heterocycles. The number of aromatic nitrogens is 1. The molecule has 0 aliphatic rings. The number of nitrogen functional groups attached to an aromatic ring is 1. The molecule has 2 rings (SSSR count). The second-order valence-electron chi connectivity index (χ2n) is 4.70. The Morgan fingerprint density at radius 1 is 1.21 bits per heavy atom. The zero-order valence-electron chi connectivity index (χ0n) is 11.0. The third kappa shape index (κ3) is 3.77. The average Bonchev–Trinajstić information content (AvgIpc) is 2.40. The molecule has 0 saturated carbocycles. The molecule has 3 N–H and O–H groups in total. The van der Waals surface area contributed by atoms with Crippen molar-refractivity contribution < 1.29 is 5.11 Å². The first-order valence-corrected chi connectivity index (χ1v) is 6.26. The molecular formula is C15H19N3O. The fourth-order valence-electron chi connectivity index (χ4n) is 2.07. The molecule has 1 atom stereocenters. The minimum atomic E-state index is -0.576. The summed E-state index contributed by atoms with van der Waals surface area (Å²) in [5.74, 6) is 0. The number of para-hydroxylation sites is 1. The number of nitrogens with zero attached hydrogens (tertiary/aromatic N) is 2. The van der Waals surface area contributed by atoms with Crippen molar-refractivity contribution in [1.82, 2.24) is 9.88 Å². The Morgan fingerprint density at radius 3 is 2.58 bits per heavy atom. The smallest absolute Gasteiger partial charge is 0.0936 e. The van der Waals surface area contributed by atoms with Gasteiger partial charge in [0.15, 0.2) is 0 Å². The van der Waals surface area contributed by atoms with Crippen LogP contribution in [0.5, 0.6) is 0 Å². The second kappa shape index (κ2) is 6.31. The number of hydrogen-bond acceptors (Lipinski definition) is 4. The molecule has 1 aromatic heterocycles. The van der Waals surface area contributed by atoms with E-state index < -0.39 is 6.10 Å². The van der Waals surface area contributed by atoms with Crippen LogP contribution in [0.25, 0.3) is 0 Å². The van der Waals surface area contributed by atoms with Crippen LogP contribution in [-0.2, 0) is 6.54 Å². The Morgan fingerprint density at radius 2 is 1.89 bits per heavy atom. The van der Waals surface area contributed by atoms with Crippen molar-refractivity contribution in [2.45, 2.75) is 12.6 Å². The predicted octanol–water partition coefficient (Wildman–Crippen LogP) is 1.83. The summed E-state index contributed by atoms with van der Waals surface area (Å²) in [5, 5.41) is 10.2. The van der Waals surface area contributed by atoms with Crippen molar-refractivity contribution in [1.29, 1.82) is 0 Å². The van der Waals surface area contributed by atoms with Gasteiger partial charge in [0, 0.05) is 36.7 Å². The van der Waals surface area contributed by atoms with Gasteiger partial charge in [0.05, 0.1) is 6.10 Å². The number of likely N-dealkylation sites (N-methyl/N-ethyl adjacent to an activating group) is 1. The van der Waals surface area contributed by atoms with Gasteiger partial charge in [-0.05, 0) is 30.8 Å². The van der Waals surface area contributed by atoms with Gasteiger partial charge in [0.2, 0.25) is 0 Å². The Kier molecular flexibility index (Phi) is 4.49. The monoisotopic (exact) mass is 257 g/mol. The van der Waals surface area contributed by atoms with Crippen LogP contribution in [0, 0.1) is 0 Å². The number of anilines is 1. The molecule has 0 bridgehead atoms. The Hall–Kier alpha value is -1.91. The lowest BCUT2D eigenvalue weighted by Gasteiger charge is -2.21. The lowest BCUT2D eigenvalue weighted by Crippen LogP contribution is -2.24. The van der Waals surface area contributed by atoms with E-state index in [4.69, 9.17) is 5.73 Å². The number of rotatable bonds is 5. The first-order valence-electron chi connectivity index (χ1n) is 6.26. The van der Waals surface area contributed by atoms with Crippen LogP contribution in [0.4, 0.5) is 5.69 Å². The maximum absolute atomic E-state index is 10.2. The van der Waals surface area contributed by atoms with Gasteiger partial charge in [-0.2, -0.15) is 0 Å². The van der Waals surface area contributed by atoms with E-state index in [-0.39, 0.29) is 0 Å². The van der Waals surface area contributed by atoms with Crippen LogP contribution in [0.15, 0.2) is 48.8 Å². The summed E-state index contributed by atoms with van der Waals surface area (Å²) >= 11 is 0. The topological polar surface area (TPSA) is 62.4 Å². The third-order valence-electron chi connectivity index (χ3n) is 3.04. The van der Waals surface area contributed by atoms with E-state index in [2.05, 4.69) is 9.88 Å². The first kappa shape index (κ1) is 13.5. The largest absolute Gasteiger partial charge is 0.398 e. The van der Waals surface area contributed by atoms with Crippen LogP contribution in [-0.4, -0.2) is 28.6 Å². The highest BCUT2D eigenvalue weighted by atomic mass is 16.3. The predicted molar refractivity (Wildman–Crippen MR) is 76.4 cm³/mol. The standard InChI is InChI=1S/C15H19N3O/c1-18(10-12-6-8-17-9-7-12)11-15(19)13-4-2-3-5-14(13)16/h2-9,15,19H,10-11,16H2,1H3. The van der Waals surface area contributed by atoms with Gasteiger partial charge in [-0.25, -0.2) is 0 Å². The summed E-state index contributed by atoms with van der Waals surface area (Å²) in [7, 11) is 1.97. The molecule has 1 heterocycles. The van der Waals surface area contributed by atoms with Crippen molar-refractivity contribution >= 4 is 5.69 Å². The lowest BCUT2D eigenvalue weighted by molar-refractivity contribution is 0.124. The highest BCUT2D eigenvalue weighted by Gasteiger charge is 2.13. The summed E-state index contributed by atoms with van der Waals surface area (Å²) in [4.78, 5) is 6.05. The van der Waals surface area contributed by atoms with Gasteiger partial charge < -0.3 is 10.8 Å². The first-order chi connectivity index (χ1) is 9.16. The Bertz CT molecular complexity index is 516. The summed E-state index contributed by atoms with van der Waals surface area (Å²) in [6.45, 7) is 1.31. The number of benzene rings is 1. The molecule has 1 aromatic carbocycles. The quantitative estimate of drug-likeness (QED) is 0.802. The molecule has 19 heavy (non-hydrogen) atoms. The van der Waals surface area contributed by atoms with Crippen LogP contribution in [0.3, 0.4) is 0 Å². The maximum Gasteiger partial charge on any atom is 0.0936 e. The molecule has 100 valence electrons. The van der Waals surface area contributed by atoms with Crippen molar-refractivity contribution in [2.75, 3.05) is 19.3 Å². The van der Waals surface area contributed by atoms with Crippen LogP contribution >= 0.6 is 0 Å². The fraction of sp³-hybridized carbons (Fsp3) is 0.267. The minimum absolute atomic E-state index is 0.538. The summed E-state index contributed by atoms with van der Waals surface area (Å²) in [5.41, 5.74) is 8.45. The van der Waals surface area contributed by atoms with Gasteiger partial charge in [-0.1, -0.05) is 18.2 Å². The average molecular weight is 257 g/mol. The van der Waals surface area contributed by atoms with Crippen LogP contribution < -0.4 is 5.73 Å². The Balaban J connectivity index is 1.96. The highest BCUT2D eigenvalue weighted by molar-refractivity contribution is 5.47. The molecule has 0 amide bonds. The van der Waals surface area contributed by atoms with E-state index in [0.717, 1.165) is 12.1 Å². The number of aliphatic hydroxyl groups excluding tert-OH is 1. The fourth-order valence-corrected chi connectivity index (χ4v) is 2.07. The molecule has 4 nitrogen and oxygen atoms in total. The Labute approximate surface area is 113 Å². The summed E-state index contributed by atoms with van der Waals surface area (Å²) in [6, 6.07) is 11.4. The van der Waals surface area contributed by atoms with Crippen molar-refractivity contribution in [3.8, 4) is 0 Å². The van der Waals surface area contributed by atoms with Gasteiger partial charge in [-0.15, -0.1) is 0 Å². The molecule has 1 unspecified atom stereocenters. The molecule has 0 radical (unpaired) electrons. The number of nitrogens with two attached hydrogens (primary N) is 1. The molecule has 4 heteroatoms. The maximum atomic E-state index is 10.2. The summed E-state index contributed by atoms with van der Waals surface area (Å²) < 4.78 is 0. The third-order valence-corrected chi connectivity index (χ3v) is 3.04. The van der Waals surface area contributed by atoms with E-state index >= 15 is 0 Å². The number of hydrogen-bond donors (Lipinski definition) is 2. The van der Waals surface area contributed by atoms with Crippen LogP contribution in [0.2, 0.25) is 0 Å². The number of aliphatic hydroxyl groups is 1. The summed E-state index contributed by atoms with van der Waals surface area (Å²) in [6.07, 6.45) is 2.97. The zero-order chi connectivity index (χ0) is 13.7. The van der Waals surface area contributed by atoms with E-state index in [1.165, 1.54) is 5.56 Å². The molecular weight excluding hydrogens is 238 g/mol. The van der Waals surface area contributed by atoms with E-state index in [0.29, 0.717) is 12.2 Å². The van der Waals surface area contributed by atoms with E-state index in [1.54, 1.807) is 18.5 Å². The minimum Gasteiger partial charge on any atom is -0.398 e. The molecule has 2 aromatic rings. The molecule has 0 spiro atoms. The van der Waals surface area contributed by atoms with Crippen molar-refractivity contribution in [3.05, 3.63) is 59.9 Å². The number of pyridine rings is 1. The lowest BCUT2D eigenvalue weighted by atomic mass is 10.1. The van der Waals surface area contributed by atoms with E-state index in [9.17, 15) is 5.11 Å². The van der Waals surface area contributed by atoms with E-state index in [1.807, 2.05) is 37.4 Å². The second-order valence-corrected chi connectivity index (χ2v) is 4.70. The van der Waals surface area contributed by atoms with Crippen molar-refractivity contribution in [3.63, 3.8) is 0 Å². The van der Waals surface area contributed by atoms with Gasteiger partial charge in [-0.3, -0.25) is 9.88 Å². The highest BCUT2D eigenvalue weighted by Crippen LogP contribution is 2.20.